The predicted octanol–water partition coefficient (Wildman–Crippen LogP) is 3.81. The van der Waals surface area contributed by atoms with E-state index in [9.17, 15) is 18.0 Å². The van der Waals surface area contributed by atoms with E-state index in [4.69, 9.17) is 11.6 Å². The number of rotatable bonds is 5. The molecule has 0 fully saturated rings. The van der Waals surface area contributed by atoms with Crippen LogP contribution in [0.5, 0.6) is 0 Å². The van der Waals surface area contributed by atoms with Gasteiger partial charge in [-0.2, -0.15) is 13.2 Å². The largest absolute Gasteiger partial charge is 0.417 e. The van der Waals surface area contributed by atoms with Gasteiger partial charge in [-0.3, -0.25) is 9.78 Å². The lowest BCUT2D eigenvalue weighted by Crippen LogP contribution is -2.29. The maximum absolute atomic E-state index is 12.4. The first-order valence-electron chi connectivity index (χ1n) is 6.25. The van der Waals surface area contributed by atoms with Crippen molar-refractivity contribution in [3.05, 3.63) is 28.5 Å². The third-order valence-corrected chi connectivity index (χ3v) is 3.17. The first-order valence-corrected chi connectivity index (χ1v) is 6.62. The average molecular weight is 309 g/mol. The summed E-state index contributed by atoms with van der Waals surface area (Å²) in [4.78, 5) is 15.3. The van der Waals surface area contributed by atoms with Crippen molar-refractivity contribution < 1.29 is 18.0 Å². The zero-order valence-electron chi connectivity index (χ0n) is 11.2. The molecule has 3 nitrogen and oxygen atoms in total. The van der Waals surface area contributed by atoms with Gasteiger partial charge < -0.3 is 5.32 Å². The van der Waals surface area contributed by atoms with Crippen molar-refractivity contribution in [3.63, 3.8) is 0 Å². The number of carbonyl (C=O) groups excluding carboxylic acids is 1. The Labute approximate surface area is 120 Å². The molecule has 0 spiro atoms. The van der Waals surface area contributed by atoms with E-state index in [1.807, 2.05) is 6.92 Å². The van der Waals surface area contributed by atoms with E-state index in [1.54, 1.807) is 6.92 Å². The van der Waals surface area contributed by atoms with Gasteiger partial charge in [0.2, 0.25) is 5.91 Å². The molecule has 0 aliphatic heterocycles. The highest BCUT2D eigenvalue weighted by atomic mass is 35.5. The molecule has 0 bridgehead atoms. The third-order valence-electron chi connectivity index (χ3n) is 2.84. The van der Waals surface area contributed by atoms with Crippen LogP contribution in [0.25, 0.3) is 0 Å². The van der Waals surface area contributed by atoms with Gasteiger partial charge in [0.1, 0.15) is 0 Å². The van der Waals surface area contributed by atoms with Crippen molar-refractivity contribution in [1.29, 1.82) is 0 Å². The Bertz CT molecular complexity index is 477. The standard InChI is InChI=1S/C13H16ClF3N2O/c1-3-4-8(2)12(20)19-7-11-10(14)5-9(6-18-11)13(15,16)17/h5-6,8H,3-4,7H2,1-2H3,(H,19,20). The van der Waals surface area contributed by atoms with Gasteiger partial charge in [-0.25, -0.2) is 0 Å². The maximum atomic E-state index is 12.4. The molecular weight excluding hydrogens is 293 g/mol. The number of nitrogens with one attached hydrogen (secondary N) is 1. The fraction of sp³-hybridized carbons (Fsp3) is 0.538. The summed E-state index contributed by atoms with van der Waals surface area (Å²) in [6.07, 6.45) is -2.13. The Morgan fingerprint density at radius 1 is 1.50 bits per heavy atom. The summed E-state index contributed by atoms with van der Waals surface area (Å²) in [6, 6.07) is 0.811. The molecule has 1 unspecified atom stereocenters. The van der Waals surface area contributed by atoms with Gasteiger partial charge in [0, 0.05) is 12.1 Å². The normalized spacial score (nSPS) is 13.1. The summed E-state index contributed by atoms with van der Waals surface area (Å²) < 4.78 is 37.3. The Morgan fingerprint density at radius 3 is 2.65 bits per heavy atom. The van der Waals surface area contributed by atoms with Crippen LogP contribution >= 0.6 is 11.6 Å². The van der Waals surface area contributed by atoms with E-state index < -0.39 is 11.7 Å². The first-order chi connectivity index (χ1) is 9.25. The Balaban J connectivity index is 2.68. The molecule has 0 aromatic carbocycles. The van der Waals surface area contributed by atoms with E-state index in [0.717, 1.165) is 18.9 Å². The minimum Gasteiger partial charge on any atom is -0.350 e. The summed E-state index contributed by atoms with van der Waals surface area (Å²) in [5.41, 5.74) is -0.686. The van der Waals surface area contributed by atoms with Crippen molar-refractivity contribution >= 4 is 17.5 Å². The van der Waals surface area contributed by atoms with Crippen molar-refractivity contribution in [1.82, 2.24) is 10.3 Å². The van der Waals surface area contributed by atoms with E-state index in [2.05, 4.69) is 10.3 Å². The zero-order valence-corrected chi connectivity index (χ0v) is 12.0. The molecule has 1 atom stereocenters. The molecule has 0 radical (unpaired) electrons. The summed E-state index contributed by atoms with van der Waals surface area (Å²) >= 11 is 5.75. The lowest BCUT2D eigenvalue weighted by molar-refractivity contribution is -0.137. The molecule has 1 rings (SSSR count). The highest BCUT2D eigenvalue weighted by Crippen LogP contribution is 2.30. The quantitative estimate of drug-likeness (QED) is 0.899. The number of pyridine rings is 1. The first kappa shape index (κ1) is 16.8. The third kappa shape index (κ3) is 4.67. The Morgan fingerprint density at radius 2 is 2.15 bits per heavy atom. The number of amides is 1. The van der Waals surface area contributed by atoms with Gasteiger partial charge >= 0.3 is 6.18 Å². The predicted molar refractivity (Wildman–Crippen MR) is 70.2 cm³/mol. The topological polar surface area (TPSA) is 42.0 Å². The smallest absolute Gasteiger partial charge is 0.350 e. The van der Waals surface area contributed by atoms with Crippen LogP contribution in [0.15, 0.2) is 12.3 Å². The molecule has 0 saturated heterocycles. The Kier molecular flexibility index (Phi) is 5.80. The minimum atomic E-state index is -4.48. The number of nitrogens with zero attached hydrogens (tertiary/aromatic N) is 1. The van der Waals surface area contributed by atoms with Crippen LogP contribution in [0.3, 0.4) is 0 Å². The number of hydrogen-bond donors (Lipinski definition) is 1. The summed E-state index contributed by atoms with van der Waals surface area (Å²) in [5, 5.41) is 2.51. The molecule has 0 saturated carbocycles. The maximum Gasteiger partial charge on any atom is 0.417 e. The van der Waals surface area contributed by atoms with Crippen LogP contribution in [-0.2, 0) is 17.5 Å². The van der Waals surface area contributed by atoms with Crippen molar-refractivity contribution in [2.75, 3.05) is 0 Å². The van der Waals surface area contributed by atoms with E-state index >= 15 is 0 Å². The van der Waals surface area contributed by atoms with Gasteiger partial charge in [-0.05, 0) is 12.5 Å². The van der Waals surface area contributed by atoms with E-state index in [-0.39, 0.29) is 29.1 Å². The van der Waals surface area contributed by atoms with Crippen molar-refractivity contribution in [3.8, 4) is 0 Å². The van der Waals surface area contributed by atoms with E-state index in [0.29, 0.717) is 6.20 Å². The van der Waals surface area contributed by atoms with Crippen LogP contribution < -0.4 is 5.32 Å². The Hall–Kier alpha value is -1.30. The molecule has 0 aliphatic carbocycles. The fourth-order valence-corrected chi connectivity index (χ4v) is 1.89. The summed E-state index contributed by atoms with van der Waals surface area (Å²) in [5.74, 6) is -0.308. The second-order valence-electron chi connectivity index (χ2n) is 4.56. The van der Waals surface area contributed by atoms with Crippen molar-refractivity contribution in [2.45, 2.75) is 39.4 Å². The second kappa shape index (κ2) is 6.92. The number of hydrogen-bond acceptors (Lipinski definition) is 2. The number of aromatic nitrogens is 1. The van der Waals surface area contributed by atoms with Gasteiger partial charge in [0.05, 0.1) is 22.8 Å². The molecule has 1 heterocycles. The van der Waals surface area contributed by atoms with Crippen LogP contribution in [0, 0.1) is 5.92 Å². The molecule has 20 heavy (non-hydrogen) atoms. The van der Waals surface area contributed by atoms with Crippen LogP contribution in [0.2, 0.25) is 5.02 Å². The molecule has 1 aromatic rings. The van der Waals surface area contributed by atoms with Crippen LogP contribution in [-0.4, -0.2) is 10.9 Å². The number of halogens is 4. The SMILES string of the molecule is CCCC(C)C(=O)NCc1ncc(C(F)(F)F)cc1Cl. The molecular formula is C13H16ClF3N2O. The van der Waals surface area contributed by atoms with Gasteiger partial charge in [-0.1, -0.05) is 31.9 Å². The minimum absolute atomic E-state index is 0.0177. The van der Waals surface area contributed by atoms with Crippen LogP contribution in [0.4, 0.5) is 13.2 Å². The van der Waals surface area contributed by atoms with E-state index in [1.165, 1.54) is 0 Å². The molecule has 1 N–H and O–H groups in total. The summed E-state index contributed by atoms with van der Waals surface area (Å²) in [7, 11) is 0. The molecule has 1 aromatic heterocycles. The van der Waals surface area contributed by atoms with Crippen molar-refractivity contribution in [2.24, 2.45) is 5.92 Å². The second-order valence-corrected chi connectivity index (χ2v) is 4.96. The monoisotopic (exact) mass is 308 g/mol. The van der Waals surface area contributed by atoms with Gasteiger partial charge in [-0.15, -0.1) is 0 Å². The highest BCUT2D eigenvalue weighted by Gasteiger charge is 2.31. The fourth-order valence-electron chi connectivity index (χ4n) is 1.66. The molecule has 1 amide bonds. The average Bonchev–Trinajstić information content (AvgIpc) is 2.36. The van der Waals surface area contributed by atoms with Crippen LogP contribution in [0.1, 0.15) is 37.9 Å². The molecule has 7 heteroatoms. The molecule has 0 aliphatic rings. The van der Waals surface area contributed by atoms with Gasteiger partial charge in [0.15, 0.2) is 0 Å². The molecule has 112 valence electrons. The van der Waals surface area contributed by atoms with Gasteiger partial charge in [0.25, 0.3) is 0 Å². The number of carbonyl (C=O) groups is 1. The zero-order chi connectivity index (χ0) is 15.3. The lowest BCUT2D eigenvalue weighted by atomic mass is 10.1. The lowest BCUT2D eigenvalue weighted by Gasteiger charge is -2.12. The highest BCUT2D eigenvalue weighted by molar-refractivity contribution is 6.31. The number of alkyl halides is 3. The summed E-state index contributed by atoms with van der Waals surface area (Å²) in [6.45, 7) is 3.78.